The van der Waals surface area contributed by atoms with E-state index in [-0.39, 0.29) is 34.2 Å². The van der Waals surface area contributed by atoms with Gasteiger partial charge in [0.1, 0.15) is 11.6 Å². The molecule has 1 aliphatic heterocycles. The fourth-order valence-corrected chi connectivity index (χ4v) is 4.56. The Kier molecular flexibility index (Phi) is 8.44. The number of nitrogens with one attached hydrogen (secondary N) is 2. The zero-order valence-electron chi connectivity index (χ0n) is 17.8. The number of hydrogen-bond donors (Lipinski definition) is 2. The molecule has 172 valence electrons. The topological polar surface area (TPSA) is 104 Å². The van der Waals surface area contributed by atoms with Gasteiger partial charge in [-0.2, -0.15) is 0 Å². The van der Waals surface area contributed by atoms with Crippen molar-refractivity contribution in [1.82, 2.24) is 20.4 Å². The number of benzene rings is 1. The van der Waals surface area contributed by atoms with E-state index in [9.17, 15) is 14.4 Å². The van der Waals surface area contributed by atoms with Crippen LogP contribution in [0.4, 0.5) is 5.13 Å². The first-order valence-corrected chi connectivity index (χ1v) is 12.0. The SMILES string of the molecule is CC(C)CC(NC(=O)c1ccc(Cl)cc1Cl)C(=O)N1CCC(C(=O)Nc2nncs2)CC1. The smallest absolute Gasteiger partial charge is 0.253 e. The highest BCUT2D eigenvalue weighted by Gasteiger charge is 2.32. The molecule has 0 spiro atoms. The molecule has 1 saturated heterocycles. The van der Waals surface area contributed by atoms with E-state index in [1.54, 1.807) is 22.5 Å². The maximum atomic E-state index is 13.2. The van der Waals surface area contributed by atoms with E-state index >= 15 is 0 Å². The van der Waals surface area contributed by atoms with Crippen LogP contribution in [0.3, 0.4) is 0 Å². The number of carbonyl (C=O) groups excluding carboxylic acids is 3. The molecule has 2 aromatic rings. The number of likely N-dealkylation sites (tertiary alicyclic amines) is 1. The summed E-state index contributed by atoms with van der Waals surface area (Å²) in [5, 5.41) is 14.3. The molecular formula is C21H25Cl2N5O3S. The molecule has 11 heteroatoms. The molecule has 0 bridgehead atoms. The minimum absolute atomic E-state index is 0.113. The number of aromatic nitrogens is 2. The van der Waals surface area contributed by atoms with Gasteiger partial charge in [0, 0.05) is 24.0 Å². The second kappa shape index (κ2) is 11.1. The van der Waals surface area contributed by atoms with Crippen molar-refractivity contribution in [3.05, 3.63) is 39.3 Å². The van der Waals surface area contributed by atoms with Crippen LogP contribution in [-0.4, -0.2) is 52.0 Å². The molecule has 2 heterocycles. The average molecular weight is 498 g/mol. The molecule has 0 aliphatic carbocycles. The third-order valence-electron chi connectivity index (χ3n) is 5.25. The lowest BCUT2D eigenvalue weighted by atomic mass is 9.94. The first-order valence-electron chi connectivity index (χ1n) is 10.4. The lowest BCUT2D eigenvalue weighted by Crippen LogP contribution is -2.51. The molecule has 3 rings (SSSR count). The fourth-order valence-electron chi connectivity index (χ4n) is 3.62. The third-order valence-corrected chi connectivity index (χ3v) is 6.41. The number of nitrogens with zero attached hydrogens (tertiary/aromatic N) is 3. The lowest BCUT2D eigenvalue weighted by molar-refractivity contribution is -0.136. The monoisotopic (exact) mass is 497 g/mol. The Hall–Kier alpha value is -2.23. The summed E-state index contributed by atoms with van der Waals surface area (Å²) in [5.74, 6) is -0.690. The number of halogens is 2. The van der Waals surface area contributed by atoms with Crippen LogP contribution < -0.4 is 10.6 Å². The molecule has 2 N–H and O–H groups in total. The van der Waals surface area contributed by atoms with E-state index in [0.717, 1.165) is 0 Å². The largest absolute Gasteiger partial charge is 0.341 e. The van der Waals surface area contributed by atoms with Crippen LogP contribution in [0, 0.1) is 11.8 Å². The average Bonchev–Trinajstić information content (AvgIpc) is 3.25. The van der Waals surface area contributed by atoms with E-state index in [2.05, 4.69) is 20.8 Å². The van der Waals surface area contributed by atoms with Gasteiger partial charge in [0.05, 0.1) is 10.6 Å². The van der Waals surface area contributed by atoms with Gasteiger partial charge >= 0.3 is 0 Å². The maximum absolute atomic E-state index is 13.2. The number of rotatable bonds is 7. The van der Waals surface area contributed by atoms with Crippen LogP contribution in [0.1, 0.15) is 43.5 Å². The molecule has 8 nitrogen and oxygen atoms in total. The van der Waals surface area contributed by atoms with E-state index < -0.39 is 11.9 Å². The highest BCUT2D eigenvalue weighted by molar-refractivity contribution is 7.13. The van der Waals surface area contributed by atoms with Gasteiger partial charge in [-0.1, -0.05) is 48.4 Å². The Bertz CT molecular complexity index is 962. The molecule has 1 fully saturated rings. The second-order valence-electron chi connectivity index (χ2n) is 8.11. The number of carbonyl (C=O) groups is 3. The van der Waals surface area contributed by atoms with Crippen molar-refractivity contribution in [2.24, 2.45) is 11.8 Å². The minimum Gasteiger partial charge on any atom is -0.341 e. The Morgan fingerprint density at radius 1 is 1.22 bits per heavy atom. The van der Waals surface area contributed by atoms with Crippen molar-refractivity contribution < 1.29 is 14.4 Å². The Morgan fingerprint density at radius 2 is 1.94 bits per heavy atom. The predicted octanol–water partition coefficient (Wildman–Crippen LogP) is 3.87. The molecule has 1 aromatic carbocycles. The van der Waals surface area contributed by atoms with E-state index in [0.29, 0.717) is 42.5 Å². The van der Waals surface area contributed by atoms with Crippen LogP contribution in [0.5, 0.6) is 0 Å². The number of amides is 3. The zero-order valence-corrected chi connectivity index (χ0v) is 20.1. The summed E-state index contributed by atoms with van der Waals surface area (Å²) in [6, 6.07) is 3.94. The molecule has 32 heavy (non-hydrogen) atoms. The quantitative estimate of drug-likeness (QED) is 0.603. The number of hydrogen-bond acceptors (Lipinski definition) is 6. The summed E-state index contributed by atoms with van der Waals surface area (Å²) in [5.41, 5.74) is 1.82. The Labute approximate surface area is 200 Å². The van der Waals surface area contributed by atoms with E-state index in [4.69, 9.17) is 23.2 Å². The Morgan fingerprint density at radius 3 is 2.53 bits per heavy atom. The molecule has 1 aromatic heterocycles. The van der Waals surface area contributed by atoms with Gasteiger partial charge < -0.3 is 15.5 Å². The maximum Gasteiger partial charge on any atom is 0.253 e. The molecule has 1 aliphatic rings. The third kappa shape index (κ3) is 6.40. The summed E-state index contributed by atoms with van der Waals surface area (Å²) in [6.45, 7) is 4.87. The second-order valence-corrected chi connectivity index (χ2v) is 9.79. The van der Waals surface area contributed by atoms with Crippen LogP contribution >= 0.6 is 34.5 Å². The van der Waals surface area contributed by atoms with Crippen molar-refractivity contribution in [2.45, 2.75) is 39.2 Å². The molecule has 0 radical (unpaired) electrons. The summed E-state index contributed by atoms with van der Waals surface area (Å²) in [6.07, 6.45) is 1.58. The minimum atomic E-state index is -0.680. The highest BCUT2D eigenvalue weighted by Crippen LogP contribution is 2.23. The highest BCUT2D eigenvalue weighted by atomic mass is 35.5. The summed E-state index contributed by atoms with van der Waals surface area (Å²) in [4.78, 5) is 40.1. The normalized spacial score (nSPS) is 15.5. The van der Waals surface area contributed by atoms with Crippen molar-refractivity contribution in [3.8, 4) is 0 Å². The Balaban J connectivity index is 1.61. The van der Waals surface area contributed by atoms with Crippen molar-refractivity contribution in [3.63, 3.8) is 0 Å². The molecular weight excluding hydrogens is 473 g/mol. The van der Waals surface area contributed by atoms with E-state index in [1.165, 1.54) is 17.4 Å². The van der Waals surface area contributed by atoms with Crippen LogP contribution in [0.2, 0.25) is 10.0 Å². The van der Waals surface area contributed by atoms with Crippen LogP contribution in [0.25, 0.3) is 0 Å². The zero-order chi connectivity index (χ0) is 23.3. The van der Waals surface area contributed by atoms with Crippen molar-refractivity contribution >= 4 is 57.4 Å². The summed E-state index contributed by atoms with van der Waals surface area (Å²) >= 11 is 13.3. The van der Waals surface area contributed by atoms with Crippen LogP contribution in [-0.2, 0) is 9.59 Å². The number of piperidine rings is 1. The van der Waals surface area contributed by atoms with Gasteiger partial charge in [0.15, 0.2) is 0 Å². The standard InChI is InChI=1S/C21H25Cl2N5O3S/c1-12(2)9-17(25-19(30)15-4-3-14(22)10-16(15)23)20(31)28-7-5-13(6-8-28)18(29)26-21-27-24-11-32-21/h3-4,10-13,17H,5-9H2,1-2H3,(H,25,30)(H,26,27,29). The van der Waals surface area contributed by atoms with Gasteiger partial charge in [-0.25, -0.2) is 0 Å². The summed E-state index contributed by atoms with van der Waals surface area (Å²) in [7, 11) is 0. The number of anilines is 1. The van der Waals surface area contributed by atoms with Gasteiger partial charge in [0.2, 0.25) is 16.9 Å². The van der Waals surface area contributed by atoms with Crippen molar-refractivity contribution in [1.29, 1.82) is 0 Å². The van der Waals surface area contributed by atoms with Gasteiger partial charge in [-0.05, 0) is 43.4 Å². The van der Waals surface area contributed by atoms with Gasteiger partial charge in [0.25, 0.3) is 5.91 Å². The first kappa shape index (κ1) is 24.4. The molecule has 1 unspecified atom stereocenters. The van der Waals surface area contributed by atoms with Gasteiger partial charge in [-0.3, -0.25) is 14.4 Å². The fraction of sp³-hybridized carbons (Fsp3) is 0.476. The van der Waals surface area contributed by atoms with Crippen LogP contribution in [0.15, 0.2) is 23.7 Å². The molecule has 1 atom stereocenters. The molecule has 0 saturated carbocycles. The van der Waals surface area contributed by atoms with Crippen molar-refractivity contribution in [2.75, 3.05) is 18.4 Å². The summed E-state index contributed by atoms with van der Waals surface area (Å²) < 4.78 is 0. The van der Waals surface area contributed by atoms with Gasteiger partial charge in [-0.15, -0.1) is 10.2 Å². The van der Waals surface area contributed by atoms with E-state index in [1.807, 2.05) is 13.8 Å². The molecule has 3 amide bonds. The first-order chi connectivity index (χ1) is 15.2. The predicted molar refractivity (Wildman–Crippen MR) is 125 cm³/mol. The lowest BCUT2D eigenvalue weighted by Gasteiger charge is -2.34.